The van der Waals surface area contributed by atoms with Gasteiger partial charge in [-0.2, -0.15) is 0 Å². The second-order valence-corrected chi connectivity index (χ2v) is 6.24. The number of ether oxygens (including phenoxy) is 2. The van der Waals surface area contributed by atoms with E-state index in [0.717, 1.165) is 11.1 Å². The second-order valence-electron chi connectivity index (χ2n) is 4.84. The molecule has 0 spiro atoms. The number of benzene rings is 2. The van der Waals surface area contributed by atoms with Crippen molar-refractivity contribution in [1.29, 1.82) is 0 Å². The fourth-order valence-electron chi connectivity index (χ4n) is 2.40. The minimum atomic E-state index is -0.858. The molecule has 1 heterocycles. The molecule has 110 valence electrons. The second kappa shape index (κ2) is 6.27. The SMILES string of the molecule is Clc1ccc([C@H]2CO[C@@](CBr)(c3ccccc3Cl)O2)cc1. The van der Waals surface area contributed by atoms with Gasteiger partial charge in [-0.15, -0.1) is 0 Å². The van der Waals surface area contributed by atoms with Crippen molar-refractivity contribution in [3.05, 3.63) is 69.7 Å². The van der Waals surface area contributed by atoms with E-state index in [1.807, 2.05) is 48.5 Å². The van der Waals surface area contributed by atoms with Gasteiger partial charge in [-0.05, 0) is 23.8 Å². The summed E-state index contributed by atoms with van der Waals surface area (Å²) in [6.07, 6.45) is -0.143. The Hall–Kier alpha value is -0.580. The largest absolute Gasteiger partial charge is 0.342 e. The maximum absolute atomic E-state index is 6.29. The van der Waals surface area contributed by atoms with Crippen molar-refractivity contribution in [2.24, 2.45) is 0 Å². The minimum Gasteiger partial charge on any atom is -0.342 e. The van der Waals surface area contributed by atoms with Crippen LogP contribution < -0.4 is 0 Å². The number of rotatable bonds is 3. The molecule has 1 aliphatic rings. The third-order valence-electron chi connectivity index (χ3n) is 3.50. The molecule has 0 radical (unpaired) electrons. The lowest BCUT2D eigenvalue weighted by Crippen LogP contribution is -2.29. The normalized spacial score (nSPS) is 25.2. The molecule has 0 bridgehead atoms. The van der Waals surface area contributed by atoms with E-state index in [2.05, 4.69) is 15.9 Å². The summed E-state index contributed by atoms with van der Waals surface area (Å²) in [6.45, 7) is 0.471. The third-order valence-corrected chi connectivity index (χ3v) is 4.82. The smallest absolute Gasteiger partial charge is 0.207 e. The average Bonchev–Trinajstić information content (AvgIpc) is 2.94. The van der Waals surface area contributed by atoms with E-state index in [-0.39, 0.29) is 6.10 Å². The van der Waals surface area contributed by atoms with Crippen LogP contribution in [0.1, 0.15) is 17.2 Å². The highest BCUT2D eigenvalue weighted by molar-refractivity contribution is 9.09. The Bertz CT molecular complexity index is 632. The molecule has 5 heteroatoms. The molecule has 2 atom stereocenters. The first-order valence-electron chi connectivity index (χ1n) is 6.53. The van der Waals surface area contributed by atoms with Gasteiger partial charge in [-0.25, -0.2) is 0 Å². The minimum absolute atomic E-state index is 0.143. The molecule has 0 saturated carbocycles. The summed E-state index contributed by atoms with van der Waals surface area (Å²) < 4.78 is 12.2. The standard InChI is InChI=1S/C16H13BrCl2O2/c17-10-16(13-3-1-2-4-14(13)19)20-9-15(21-16)11-5-7-12(18)8-6-11/h1-8,15H,9-10H2/t15-,16-/m1/s1. The monoisotopic (exact) mass is 386 g/mol. The molecule has 0 amide bonds. The number of hydrogen-bond acceptors (Lipinski definition) is 2. The van der Waals surface area contributed by atoms with Gasteiger partial charge in [0.2, 0.25) is 5.79 Å². The molecule has 0 aromatic heterocycles. The van der Waals surface area contributed by atoms with Crippen LogP contribution in [0.2, 0.25) is 10.0 Å². The zero-order valence-corrected chi connectivity index (χ0v) is 14.2. The molecule has 3 rings (SSSR count). The number of hydrogen-bond donors (Lipinski definition) is 0. The van der Waals surface area contributed by atoms with Crippen molar-refractivity contribution in [2.45, 2.75) is 11.9 Å². The zero-order valence-electron chi connectivity index (χ0n) is 11.1. The van der Waals surface area contributed by atoms with Crippen molar-refractivity contribution in [3.8, 4) is 0 Å². The van der Waals surface area contributed by atoms with E-state index in [9.17, 15) is 0 Å². The highest BCUT2D eigenvalue weighted by Gasteiger charge is 2.44. The van der Waals surface area contributed by atoms with Crippen molar-refractivity contribution in [1.82, 2.24) is 0 Å². The van der Waals surface area contributed by atoms with Crippen LogP contribution in [0.3, 0.4) is 0 Å². The maximum atomic E-state index is 6.29. The van der Waals surface area contributed by atoms with E-state index in [1.165, 1.54) is 0 Å². The van der Waals surface area contributed by atoms with E-state index in [0.29, 0.717) is 22.0 Å². The van der Waals surface area contributed by atoms with Crippen LogP contribution in [0.25, 0.3) is 0 Å². The molecular formula is C16H13BrCl2O2. The van der Waals surface area contributed by atoms with Crippen LogP contribution in [0.15, 0.2) is 48.5 Å². The lowest BCUT2D eigenvalue weighted by Gasteiger charge is -2.27. The van der Waals surface area contributed by atoms with Gasteiger partial charge in [0, 0.05) is 15.6 Å². The lowest BCUT2D eigenvalue weighted by atomic mass is 10.1. The van der Waals surface area contributed by atoms with Crippen LogP contribution in [0, 0.1) is 0 Å². The summed E-state index contributed by atoms with van der Waals surface area (Å²) in [5.74, 6) is -0.858. The van der Waals surface area contributed by atoms with Gasteiger partial charge in [-0.3, -0.25) is 0 Å². The van der Waals surface area contributed by atoms with E-state index < -0.39 is 5.79 Å². The Labute approximate surface area is 142 Å². The topological polar surface area (TPSA) is 18.5 Å². The van der Waals surface area contributed by atoms with Crippen molar-refractivity contribution >= 4 is 39.1 Å². The molecule has 0 unspecified atom stereocenters. The predicted molar refractivity (Wildman–Crippen MR) is 88.2 cm³/mol. The summed E-state index contributed by atoms with van der Waals surface area (Å²) in [5.41, 5.74) is 1.87. The Morgan fingerprint density at radius 3 is 2.48 bits per heavy atom. The fourth-order valence-corrected chi connectivity index (χ4v) is 3.41. The first kappa shape index (κ1) is 15.3. The van der Waals surface area contributed by atoms with Crippen molar-refractivity contribution < 1.29 is 9.47 Å². The number of halogens is 3. The molecule has 1 aliphatic heterocycles. The van der Waals surface area contributed by atoms with Crippen LogP contribution in [0.5, 0.6) is 0 Å². The van der Waals surface area contributed by atoms with Gasteiger partial charge in [-0.1, -0.05) is 69.5 Å². The van der Waals surface area contributed by atoms with Gasteiger partial charge in [0.05, 0.1) is 11.9 Å². The van der Waals surface area contributed by atoms with Crippen LogP contribution in [-0.2, 0) is 15.3 Å². The first-order valence-corrected chi connectivity index (χ1v) is 8.40. The maximum Gasteiger partial charge on any atom is 0.207 e. The van der Waals surface area contributed by atoms with Crippen LogP contribution in [0.4, 0.5) is 0 Å². The highest BCUT2D eigenvalue weighted by Crippen LogP contribution is 2.43. The Morgan fingerprint density at radius 2 is 1.81 bits per heavy atom. The van der Waals surface area contributed by atoms with Crippen LogP contribution >= 0.6 is 39.1 Å². The first-order chi connectivity index (χ1) is 10.1. The Kier molecular flexibility index (Phi) is 4.57. The van der Waals surface area contributed by atoms with Gasteiger partial charge in [0.1, 0.15) is 6.10 Å². The average molecular weight is 388 g/mol. The van der Waals surface area contributed by atoms with Crippen molar-refractivity contribution in [2.75, 3.05) is 11.9 Å². The Morgan fingerprint density at radius 1 is 1.10 bits per heavy atom. The molecule has 2 nitrogen and oxygen atoms in total. The van der Waals surface area contributed by atoms with Gasteiger partial charge in [0.25, 0.3) is 0 Å². The summed E-state index contributed by atoms with van der Waals surface area (Å²) in [5, 5.41) is 1.85. The molecule has 0 aliphatic carbocycles. The van der Waals surface area contributed by atoms with Gasteiger partial charge in [0.15, 0.2) is 0 Å². The molecule has 1 saturated heterocycles. The predicted octanol–water partition coefficient (Wildman–Crippen LogP) is 5.33. The quantitative estimate of drug-likeness (QED) is 0.662. The Balaban J connectivity index is 1.90. The highest BCUT2D eigenvalue weighted by atomic mass is 79.9. The molecule has 1 fully saturated rings. The van der Waals surface area contributed by atoms with Crippen molar-refractivity contribution in [3.63, 3.8) is 0 Å². The zero-order chi connectivity index (χ0) is 14.9. The van der Waals surface area contributed by atoms with E-state index in [4.69, 9.17) is 32.7 Å². The van der Waals surface area contributed by atoms with E-state index in [1.54, 1.807) is 0 Å². The summed E-state index contributed by atoms with van der Waals surface area (Å²) in [6, 6.07) is 15.2. The lowest BCUT2D eigenvalue weighted by molar-refractivity contribution is -0.157. The number of alkyl halides is 1. The molecule has 0 N–H and O–H groups in total. The van der Waals surface area contributed by atoms with E-state index >= 15 is 0 Å². The molecule has 2 aromatic rings. The summed E-state index contributed by atoms with van der Waals surface area (Å²) >= 11 is 15.7. The third kappa shape index (κ3) is 2.99. The molecule has 2 aromatic carbocycles. The fraction of sp³-hybridized carbons (Fsp3) is 0.250. The van der Waals surface area contributed by atoms with Gasteiger partial charge < -0.3 is 9.47 Å². The molecular weight excluding hydrogens is 375 g/mol. The summed E-state index contributed by atoms with van der Waals surface area (Å²) in [4.78, 5) is 0. The van der Waals surface area contributed by atoms with Gasteiger partial charge >= 0.3 is 0 Å². The summed E-state index contributed by atoms with van der Waals surface area (Å²) in [7, 11) is 0. The van der Waals surface area contributed by atoms with Crippen LogP contribution in [-0.4, -0.2) is 11.9 Å². The molecule has 21 heavy (non-hydrogen) atoms.